The fraction of sp³-hybridized carbons (Fsp3) is 0.481. The molecular weight excluding hydrogens is 380 g/mol. The van der Waals surface area contributed by atoms with E-state index in [4.69, 9.17) is 0 Å². The molecule has 2 aromatic carbocycles. The van der Waals surface area contributed by atoms with Crippen molar-refractivity contribution >= 4 is 16.6 Å². The predicted molar refractivity (Wildman–Crippen MR) is 130 cm³/mol. The minimum Gasteiger partial charge on any atom is -0.371 e. The van der Waals surface area contributed by atoms with Crippen molar-refractivity contribution in [2.45, 2.75) is 69.1 Å². The molecule has 3 aliphatic heterocycles. The molecule has 0 amide bonds. The number of piperidine rings is 3. The van der Waals surface area contributed by atoms with Crippen LogP contribution in [0.4, 0.5) is 5.69 Å². The summed E-state index contributed by atoms with van der Waals surface area (Å²) in [5.74, 6) is 0. The Morgan fingerprint density at radius 2 is 1.61 bits per heavy atom. The predicted octanol–water partition coefficient (Wildman–Crippen LogP) is 5.07. The van der Waals surface area contributed by atoms with Crippen LogP contribution in [0.5, 0.6) is 0 Å². The third-order valence-electron chi connectivity index (χ3n) is 7.73. The van der Waals surface area contributed by atoms with Crippen molar-refractivity contribution in [3.05, 3.63) is 54.6 Å². The number of hydrogen-bond acceptors (Lipinski definition) is 3. The zero-order valence-corrected chi connectivity index (χ0v) is 18.3. The van der Waals surface area contributed by atoms with E-state index in [-0.39, 0.29) is 0 Å². The molecule has 3 N–H and O–H groups in total. The van der Waals surface area contributed by atoms with Crippen LogP contribution in [0.15, 0.2) is 54.6 Å². The standard InChI is InChI=1S/C27H34N4/c1-2-10-26-20(5-1)16-27(30-26)19-6-3-9-25(15-19)31-13-11-21(12-14-31)28-24-17-22-7-4-8-23(18-24)29-22/h1-3,5-6,9-10,15-16,21-24,28-30H,4,7-8,11-14,17-18H2/t22-,23+,24+. The van der Waals surface area contributed by atoms with Crippen LogP contribution < -0.4 is 15.5 Å². The van der Waals surface area contributed by atoms with E-state index < -0.39 is 0 Å². The van der Waals surface area contributed by atoms with Gasteiger partial charge in [-0.15, -0.1) is 0 Å². The fourth-order valence-electron chi connectivity index (χ4n) is 6.14. The molecule has 3 aliphatic rings. The third kappa shape index (κ3) is 4.11. The Bertz CT molecular complexity index is 987. The average Bonchev–Trinajstić information content (AvgIpc) is 3.24. The topological polar surface area (TPSA) is 43.1 Å². The average molecular weight is 415 g/mol. The quantitative estimate of drug-likeness (QED) is 0.559. The summed E-state index contributed by atoms with van der Waals surface area (Å²) in [6.45, 7) is 2.29. The van der Waals surface area contributed by atoms with E-state index in [9.17, 15) is 0 Å². The number of anilines is 1. The van der Waals surface area contributed by atoms with Gasteiger partial charge in [-0.1, -0.05) is 36.8 Å². The summed E-state index contributed by atoms with van der Waals surface area (Å²) in [4.78, 5) is 6.15. The van der Waals surface area contributed by atoms with Gasteiger partial charge in [0.25, 0.3) is 0 Å². The molecule has 3 aromatic rings. The molecule has 4 nitrogen and oxygen atoms in total. The number of hydrogen-bond donors (Lipinski definition) is 3. The van der Waals surface area contributed by atoms with Gasteiger partial charge >= 0.3 is 0 Å². The first-order valence-corrected chi connectivity index (χ1v) is 12.3. The van der Waals surface area contributed by atoms with E-state index >= 15 is 0 Å². The lowest BCUT2D eigenvalue weighted by Crippen LogP contribution is -2.56. The van der Waals surface area contributed by atoms with Gasteiger partial charge in [-0.3, -0.25) is 0 Å². The fourth-order valence-corrected chi connectivity index (χ4v) is 6.14. The van der Waals surface area contributed by atoms with Crippen molar-refractivity contribution in [3.63, 3.8) is 0 Å². The molecule has 3 atom stereocenters. The highest BCUT2D eigenvalue weighted by molar-refractivity contribution is 5.86. The summed E-state index contributed by atoms with van der Waals surface area (Å²) in [6.07, 6.45) is 9.31. The molecule has 4 heterocycles. The Morgan fingerprint density at radius 1 is 0.806 bits per heavy atom. The Labute approximate surface area is 185 Å². The zero-order chi connectivity index (χ0) is 20.6. The summed E-state index contributed by atoms with van der Waals surface area (Å²) >= 11 is 0. The summed E-state index contributed by atoms with van der Waals surface area (Å²) in [5.41, 5.74) is 5.04. The summed E-state index contributed by atoms with van der Waals surface area (Å²) in [7, 11) is 0. The van der Waals surface area contributed by atoms with Crippen LogP contribution in [-0.2, 0) is 0 Å². The van der Waals surface area contributed by atoms with Gasteiger partial charge in [-0.2, -0.15) is 0 Å². The van der Waals surface area contributed by atoms with Crippen LogP contribution in [0.2, 0.25) is 0 Å². The minimum atomic E-state index is 0.678. The van der Waals surface area contributed by atoms with Gasteiger partial charge in [0, 0.05) is 59.5 Å². The number of nitrogens with one attached hydrogen (secondary N) is 3. The molecule has 4 heteroatoms. The first kappa shape index (κ1) is 19.4. The second kappa shape index (κ2) is 8.33. The van der Waals surface area contributed by atoms with Crippen molar-refractivity contribution < 1.29 is 0 Å². The molecule has 0 unspecified atom stereocenters. The molecule has 3 fully saturated rings. The van der Waals surface area contributed by atoms with E-state index in [0.29, 0.717) is 6.04 Å². The van der Waals surface area contributed by atoms with Crippen molar-refractivity contribution in [3.8, 4) is 11.3 Å². The zero-order valence-electron chi connectivity index (χ0n) is 18.3. The number of nitrogens with zero attached hydrogens (tertiary/aromatic N) is 1. The van der Waals surface area contributed by atoms with E-state index in [1.54, 1.807) is 0 Å². The number of rotatable bonds is 4. The van der Waals surface area contributed by atoms with Gasteiger partial charge < -0.3 is 20.5 Å². The molecular formula is C27H34N4. The maximum absolute atomic E-state index is 4.04. The Morgan fingerprint density at radius 3 is 2.42 bits per heavy atom. The Hall–Kier alpha value is -2.30. The minimum absolute atomic E-state index is 0.678. The lowest BCUT2D eigenvalue weighted by molar-refractivity contribution is 0.188. The molecule has 0 radical (unpaired) electrons. The lowest BCUT2D eigenvalue weighted by atomic mass is 9.83. The van der Waals surface area contributed by atoms with Crippen molar-refractivity contribution in [1.82, 2.24) is 15.6 Å². The monoisotopic (exact) mass is 414 g/mol. The highest BCUT2D eigenvalue weighted by Crippen LogP contribution is 2.30. The van der Waals surface area contributed by atoms with Gasteiger partial charge in [0.05, 0.1) is 0 Å². The maximum Gasteiger partial charge on any atom is 0.0465 e. The maximum atomic E-state index is 4.04. The van der Waals surface area contributed by atoms with Crippen LogP contribution in [0.3, 0.4) is 0 Å². The number of H-pyrrole nitrogens is 1. The van der Waals surface area contributed by atoms with Crippen LogP contribution in [0.1, 0.15) is 44.9 Å². The van der Waals surface area contributed by atoms with Crippen LogP contribution in [0, 0.1) is 0 Å². The second-order valence-corrected chi connectivity index (χ2v) is 9.91. The Kier molecular flexibility index (Phi) is 5.21. The number of fused-ring (bicyclic) bond motifs is 3. The molecule has 0 saturated carbocycles. The highest BCUT2D eigenvalue weighted by Gasteiger charge is 2.32. The van der Waals surface area contributed by atoms with Crippen LogP contribution in [0.25, 0.3) is 22.2 Å². The van der Waals surface area contributed by atoms with Crippen molar-refractivity contribution in [2.24, 2.45) is 0 Å². The molecule has 0 aliphatic carbocycles. The van der Waals surface area contributed by atoms with Gasteiger partial charge in [0.2, 0.25) is 0 Å². The first-order valence-electron chi connectivity index (χ1n) is 12.3. The molecule has 2 bridgehead atoms. The first-order chi connectivity index (χ1) is 15.3. The van der Waals surface area contributed by atoms with Crippen molar-refractivity contribution in [2.75, 3.05) is 18.0 Å². The van der Waals surface area contributed by atoms with Gasteiger partial charge in [-0.05, 0) is 68.4 Å². The molecule has 0 spiro atoms. The van der Waals surface area contributed by atoms with Gasteiger partial charge in [0.1, 0.15) is 0 Å². The number of aromatic nitrogens is 1. The largest absolute Gasteiger partial charge is 0.371 e. The van der Waals surface area contributed by atoms with Gasteiger partial charge in [-0.25, -0.2) is 0 Å². The number of benzene rings is 2. The second-order valence-electron chi connectivity index (χ2n) is 9.91. The van der Waals surface area contributed by atoms with Crippen molar-refractivity contribution in [1.29, 1.82) is 0 Å². The van der Waals surface area contributed by atoms with E-state index in [1.807, 2.05) is 0 Å². The van der Waals surface area contributed by atoms with E-state index in [2.05, 4.69) is 75.1 Å². The molecule has 31 heavy (non-hydrogen) atoms. The molecule has 162 valence electrons. The third-order valence-corrected chi connectivity index (χ3v) is 7.73. The van der Waals surface area contributed by atoms with Crippen LogP contribution >= 0.6 is 0 Å². The van der Waals surface area contributed by atoms with Crippen LogP contribution in [-0.4, -0.2) is 42.2 Å². The summed E-state index contributed by atoms with van der Waals surface area (Å²) in [5, 5.41) is 9.14. The van der Waals surface area contributed by atoms with Gasteiger partial charge in [0.15, 0.2) is 0 Å². The van der Waals surface area contributed by atoms with E-state index in [1.165, 1.54) is 72.8 Å². The molecule has 6 rings (SSSR count). The summed E-state index contributed by atoms with van der Waals surface area (Å²) < 4.78 is 0. The number of aromatic amines is 1. The summed E-state index contributed by atoms with van der Waals surface area (Å²) in [6, 6.07) is 22.7. The lowest BCUT2D eigenvalue weighted by Gasteiger charge is -2.43. The van der Waals surface area contributed by atoms with E-state index in [0.717, 1.165) is 31.2 Å². The smallest absolute Gasteiger partial charge is 0.0465 e. The molecule has 3 saturated heterocycles. The Balaban J connectivity index is 1.09. The highest BCUT2D eigenvalue weighted by atomic mass is 15.2. The normalized spacial score (nSPS) is 27.0. The SMILES string of the molecule is c1cc(-c2cc3ccccc3[nH]2)cc(N2CCC(N[C@H]3C[C@H]4CCC[C@@H](C3)N4)CC2)c1. The molecule has 1 aromatic heterocycles. The number of para-hydroxylation sites is 1.